The summed E-state index contributed by atoms with van der Waals surface area (Å²) < 4.78 is 32.8. The Labute approximate surface area is 226 Å². The second-order valence-electron chi connectivity index (χ2n) is 4.38. The Balaban J connectivity index is -0.000000195. The van der Waals surface area contributed by atoms with Gasteiger partial charge < -0.3 is 34.6 Å². The normalized spacial score (nSPS) is 9.71. The van der Waals surface area contributed by atoms with E-state index in [1.165, 1.54) is 0 Å². The van der Waals surface area contributed by atoms with Crippen molar-refractivity contribution in [3.05, 3.63) is 0 Å². The molecule has 0 aliphatic rings. The number of carbonyl (C=O) groups is 4. The van der Waals surface area contributed by atoms with E-state index in [4.69, 9.17) is 27.7 Å². The Hall–Kier alpha value is 0.670. The Bertz CT molecular complexity index is 512. The number of nitrogens with zero attached hydrogens (tertiary/aromatic N) is 2. The Morgan fingerprint density at radius 1 is 0.714 bits per heavy atom. The number of carbonyl (C=O) groups excluding carboxylic acids is 2. The van der Waals surface area contributed by atoms with Gasteiger partial charge in [-0.3, -0.25) is 23.9 Å². The second kappa shape index (κ2) is 20.9. The summed E-state index contributed by atoms with van der Waals surface area (Å²) in [7, 11) is -4.92. The van der Waals surface area contributed by atoms with E-state index in [2.05, 4.69) is 0 Å². The first-order valence-electron chi connectivity index (χ1n) is 6.17. The van der Waals surface area contributed by atoms with Crippen molar-refractivity contribution >= 4 is 34.3 Å². The van der Waals surface area contributed by atoms with E-state index < -0.39 is 60.5 Å². The molecule has 146 valence electrons. The molecule has 0 aliphatic heterocycles. The van der Waals surface area contributed by atoms with Crippen LogP contribution in [0, 0.1) is 0 Å². The van der Waals surface area contributed by atoms with Gasteiger partial charge in [-0.1, -0.05) is 0 Å². The molecular formula is C10H15N2Na3O12S. The van der Waals surface area contributed by atoms with Crippen LogP contribution in [-0.4, -0.2) is 101 Å². The molecular weight excluding hydrogens is 441 g/mol. The van der Waals surface area contributed by atoms with E-state index in [1.807, 2.05) is 0 Å². The van der Waals surface area contributed by atoms with Gasteiger partial charge in [-0.05, 0) is 0 Å². The molecule has 0 aromatic heterocycles. The van der Waals surface area contributed by atoms with Crippen LogP contribution < -0.4 is 98.9 Å². The molecule has 0 unspecified atom stereocenters. The molecule has 14 nitrogen and oxygen atoms in total. The summed E-state index contributed by atoms with van der Waals surface area (Å²) in [6, 6.07) is 0. The van der Waals surface area contributed by atoms with Crippen LogP contribution in [0.25, 0.3) is 0 Å². The van der Waals surface area contributed by atoms with Crippen molar-refractivity contribution in [2.24, 2.45) is 0 Å². The molecule has 0 saturated heterocycles. The third kappa shape index (κ3) is 37.4. The van der Waals surface area contributed by atoms with Gasteiger partial charge in [0, 0.05) is 26.2 Å². The standard InChI is InChI=1S/C10H16N2O8.3Na.H2O4S/c13-7(14)3-11(4-8(15)16)1-2-12(5-9(17)18)6-10(19)20;;;;1-5(2,3)4/h1-6H2,(H,13,14)(H,15,16)(H,17,18)(H,19,20);;;;(H2,1,2,3,4)/q;3*+1;/p-3. The van der Waals surface area contributed by atoms with Crippen LogP contribution in [0.1, 0.15) is 0 Å². The van der Waals surface area contributed by atoms with E-state index >= 15 is 0 Å². The monoisotopic (exact) mass is 456 g/mol. The van der Waals surface area contributed by atoms with E-state index in [1.54, 1.807) is 0 Å². The maximum atomic E-state index is 10.5. The van der Waals surface area contributed by atoms with Crippen LogP contribution in [0.15, 0.2) is 0 Å². The van der Waals surface area contributed by atoms with Crippen molar-refractivity contribution in [2.75, 3.05) is 39.3 Å². The molecule has 0 atom stereocenters. The first kappa shape index (κ1) is 39.2. The minimum atomic E-state index is -4.92. The van der Waals surface area contributed by atoms with Crippen LogP contribution in [0.3, 0.4) is 0 Å². The van der Waals surface area contributed by atoms with E-state index in [0.717, 1.165) is 9.80 Å². The van der Waals surface area contributed by atoms with Gasteiger partial charge >= 0.3 is 101 Å². The minimum Gasteiger partial charge on any atom is -0.726 e. The quantitative estimate of drug-likeness (QED) is 0.149. The fourth-order valence-corrected chi connectivity index (χ4v) is 1.46. The van der Waals surface area contributed by atoms with Crippen molar-refractivity contribution in [2.45, 2.75) is 0 Å². The minimum absolute atomic E-state index is 0. The average molecular weight is 456 g/mol. The molecule has 0 aliphatic carbocycles. The van der Waals surface area contributed by atoms with Crippen LogP contribution in [0.2, 0.25) is 0 Å². The van der Waals surface area contributed by atoms with Crippen LogP contribution in [0.4, 0.5) is 0 Å². The third-order valence-corrected chi connectivity index (χ3v) is 2.16. The molecule has 0 saturated carbocycles. The number of hydrogen-bond acceptors (Lipinski definition) is 11. The van der Waals surface area contributed by atoms with Crippen LogP contribution >= 0.6 is 0 Å². The first-order valence-corrected chi connectivity index (χ1v) is 7.53. The van der Waals surface area contributed by atoms with Crippen molar-refractivity contribution in [3.63, 3.8) is 0 Å². The summed E-state index contributed by atoms with van der Waals surface area (Å²) in [5.74, 6) is -5.52. The Kier molecular flexibility index (Phi) is 29.3. The Morgan fingerprint density at radius 3 is 1.07 bits per heavy atom. The van der Waals surface area contributed by atoms with Gasteiger partial charge in [-0.15, -0.1) is 0 Å². The van der Waals surface area contributed by atoms with Gasteiger partial charge in [0.05, 0.1) is 25.0 Å². The Morgan fingerprint density at radius 2 is 0.929 bits per heavy atom. The zero-order valence-corrected chi connectivity index (χ0v) is 22.4. The number of aliphatic carboxylic acids is 4. The van der Waals surface area contributed by atoms with E-state index in [-0.39, 0.29) is 102 Å². The molecule has 28 heavy (non-hydrogen) atoms. The van der Waals surface area contributed by atoms with Crippen molar-refractivity contribution in [3.8, 4) is 0 Å². The zero-order chi connectivity index (χ0) is 20.2. The van der Waals surface area contributed by atoms with Gasteiger partial charge in [0.1, 0.15) is 0 Å². The predicted octanol–water partition coefficient (Wildman–Crippen LogP) is -14.7. The van der Waals surface area contributed by atoms with Crippen molar-refractivity contribution < 1.29 is 146 Å². The largest absolute Gasteiger partial charge is 1.00 e. The van der Waals surface area contributed by atoms with Gasteiger partial charge in [-0.25, -0.2) is 8.42 Å². The molecule has 0 fully saturated rings. The zero-order valence-electron chi connectivity index (χ0n) is 15.6. The molecule has 0 aromatic rings. The number of hydrogen-bond donors (Lipinski definition) is 3. The van der Waals surface area contributed by atoms with Crippen LogP contribution in [-0.2, 0) is 29.6 Å². The molecule has 3 N–H and O–H groups in total. The van der Waals surface area contributed by atoms with E-state index in [0.29, 0.717) is 0 Å². The molecule has 0 bridgehead atoms. The molecule has 18 heteroatoms. The molecule has 0 spiro atoms. The van der Waals surface area contributed by atoms with Crippen molar-refractivity contribution in [1.82, 2.24) is 9.80 Å². The summed E-state index contributed by atoms with van der Waals surface area (Å²) in [5.41, 5.74) is 0. The van der Waals surface area contributed by atoms with Crippen molar-refractivity contribution in [1.29, 1.82) is 0 Å². The van der Waals surface area contributed by atoms with Gasteiger partial charge in [0.2, 0.25) is 10.4 Å². The average Bonchev–Trinajstić information content (AvgIpc) is 2.30. The number of carboxylic acid groups (broad SMARTS) is 4. The van der Waals surface area contributed by atoms with E-state index in [9.17, 15) is 29.4 Å². The molecule has 0 heterocycles. The summed E-state index contributed by atoms with van der Waals surface area (Å²) in [5, 5.41) is 38.0. The summed E-state index contributed by atoms with van der Waals surface area (Å²) in [6.07, 6.45) is 0. The van der Waals surface area contributed by atoms with Crippen LogP contribution in [0.5, 0.6) is 0 Å². The maximum absolute atomic E-state index is 10.5. The first-order chi connectivity index (χ1) is 11.2. The number of carboxylic acids is 4. The topological polar surface area (TPSA) is 239 Å². The molecule has 0 radical (unpaired) electrons. The molecule has 0 aromatic carbocycles. The third-order valence-electron chi connectivity index (χ3n) is 2.16. The summed E-state index contributed by atoms with van der Waals surface area (Å²) in [4.78, 5) is 43.9. The number of rotatable bonds is 11. The summed E-state index contributed by atoms with van der Waals surface area (Å²) in [6.45, 7) is -2.75. The fourth-order valence-electron chi connectivity index (χ4n) is 1.46. The molecule has 0 rings (SSSR count). The van der Waals surface area contributed by atoms with Gasteiger partial charge in [0.15, 0.2) is 0 Å². The SMILES string of the molecule is O=C([O-])CN(CCN(CC(=O)[O-])CC(=O)O)CC(=O)O.O=S(=O)([O-])O.[Na+].[Na+].[Na+]. The fraction of sp³-hybridized carbons (Fsp3) is 0.600. The van der Waals surface area contributed by atoms with Gasteiger partial charge in [-0.2, -0.15) is 0 Å². The second-order valence-corrected chi connectivity index (χ2v) is 5.24. The molecule has 0 amide bonds. The predicted molar refractivity (Wildman–Crippen MR) is 70.5 cm³/mol. The maximum Gasteiger partial charge on any atom is 1.00 e. The summed E-state index contributed by atoms with van der Waals surface area (Å²) >= 11 is 0. The van der Waals surface area contributed by atoms with Gasteiger partial charge in [0.25, 0.3) is 0 Å². The smallest absolute Gasteiger partial charge is 0.726 e.